The molecule has 1 fully saturated rings. The molecule has 168 valence electrons. The lowest BCUT2D eigenvalue weighted by molar-refractivity contribution is 0.102. The van der Waals surface area contributed by atoms with Crippen molar-refractivity contribution < 1.29 is 9.18 Å². The van der Waals surface area contributed by atoms with Gasteiger partial charge in [-0.25, -0.2) is 4.39 Å². The van der Waals surface area contributed by atoms with Gasteiger partial charge in [-0.3, -0.25) is 9.69 Å². The second kappa shape index (κ2) is 9.32. The van der Waals surface area contributed by atoms with Crippen molar-refractivity contribution in [2.24, 2.45) is 0 Å². The fourth-order valence-corrected chi connectivity index (χ4v) is 4.98. The molecule has 0 spiro atoms. The van der Waals surface area contributed by atoms with E-state index in [0.717, 1.165) is 36.2 Å². The number of hydrogen-bond acceptors (Lipinski definition) is 2. The van der Waals surface area contributed by atoms with E-state index in [4.69, 9.17) is 0 Å². The Labute approximate surface area is 194 Å². The Kier molecular flexibility index (Phi) is 6.10. The van der Waals surface area contributed by atoms with Crippen molar-refractivity contribution in [3.8, 4) is 11.1 Å². The van der Waals surface area contributed by atoms with E-state index < -0.39 is 0 Å². The van der Waals surface area contributed by atoms with E-state index in [9.17, 15) is 9.18 Å². The van der Waals surface area contributed by atoms with E-state index >= 15 is 0 Å². The molecule has 0 aromatic heterocycles. The summed E-state index contributed by atoms with van der Waals surface area (Å²) in [7, 11) is 0. The summed E-state index contributed by atoms with van der Waals surface area (Å²) in [5, 5.41) is 3.05. The second-order valence-electron chi connectivity index (χ2n) is 9.12. The van der Waals surface area contributed by atoms with Crippen LogP contribution < -0.4 is 5.32 Å². The molecule has 0 radical (unpaired) electrons. The van der Waals surface area contributed by atoms with Crippen molar-refractivity contribution >= 4 is 17.2 Å². The van der Waals surface area contributed by atoms with E-state index in [2.05, 4.69) is 29.3 Å². The van der Waals surface area contributed by atoms with Crippen molar-refractivity contribution in [3.05, 3.63) is 94.8 Å². The van der Waals surface area contributed by atoms with Crippen LogP contribution in [0.3, 0.4) is 0 Å². The smallest absolute Gasteiger partial charge is 0.255 e. The SMILES string of the molecule is CC1=C(CN2CCCC2)CCc2cc(NC(=O)c3ccc(-c4ccc(F)cc4)cc3)ccc21. The minimum absolute atomic E-state index is 0.126. The maximum Gasteiger partial charge on any atom is 0.255 e. The summed E-state index contributed by atoms with van der Waals surface area (Å²) in [5.74, 6) is -0.383. The second-order valence-corrected chi connectivity index (χ2v) is 9.12. The lowest BCUT2D eigenvalue weighted by Crippen LogP contribution is -2.24. The van der Waals surface area contributed by atoms with Gasteiger partial charge in [0, 0.05) is 17.8 Å². The third kappa shape index (κ3) is 4.76. The van der Waals surface area contributed by atoms with Crippen LogP contribution in [0.15, 0.2) is 72.3 Å². The Morgan fingerprint density at radius 2 is 1.58 bits per heavy atom. The third-order valence-corrected chi connectivity index (χ3v) is 6.93. The van der Waals surface area contributed by atoms with Gasteiger partial charge in [0.05, 0.1) is 0 Å². The maximum atomic E-state index is 13.1. The van der Waals surface area contributed by atoms with Crippen LogP contribution in [0.2, 0.25) is 0 Å². The van der Waals surface area contributed by atoms with Crippen LogP contribution in [-0.4, -0.2) is 30.4 Å². The first-order valence-electron chi connectivity index (χ1n) is 11.8. The molecule has 1 aliphatic heterocycles. The quantitative estimate of drug-likeness (QED) is 0.487. The van der Waals surface area contributed by atoms with E-state index in [-0.39, 0.29) is 11.7 Å². The Morgan fingerprint density at radius 1 is 0.909 bits per heavy atom. The van der Waals surface area contributed by atoms with Gasteiger partial charge in [0.2, 0.25) is 0 Å². The molecule has 0 saturated carbocycles. The molecule has 1 saturated heterocycles. The highest BCUT2D eigenvalue weighted by molar-refractivity contribution is 6.04. The number of aryl methyl sites for hydroxylation is 1. The molecule has 3 nitrogen and oxygen atoms in total. The van der Waals surface area contributed by atoms with Gasteiger partial charge in [-0.05, 0) is 110 Å². The number of amides is 1. The summed E-state index contributed by atoms with van der Waals surface area (Å²) in [6.07, 6.45) is 4.76. The van der Waals surface area contributed by atoms with E-state index in [1.807, 2.05) is 30.3 Å². The Hall–Kier alpha value is -3.24. The van der Waals surface area contributed by atoms with Gasteiger partial charge >= 0.3 is 0 Å². The molecule has 0 bridgehead atoms. The van der Waals surface area contributed by atoms with Gasteiger partial charge in [0.25, 0.3) is 5.91 Å². The highest BCUT2D eigenvalue weighted by Crippen LogP contribution is 2.33. The summed E-state index contributed by atoms with van der Waals surface area (Å²) in [4.78, 5) is 15.4. The first-order valence-corrected chi connectivity index (χ1v) is 11.8. The zero-order chi connectivity index (χ0) is 22.8. The minimum Gasteiger partial charge on any atom is -0.322 e. The number of allylic oxidation sites excluding steroid dienone is 1. The van der Waals surface area contributed by atoms with Crippen molar-refractivity contribution in [2.75, 3.05) is 25.0 Å². The van der Waals surface area contributed by atoms with Crippen LogP contribution in [0.25, 0.3) is 16.7 Å². The number of carbonyl (C=O) groups excluding carboxylic acids is 1. The minimum atomic E-state index is -0.256. The zero-order valence-electron chi connectivity index (χ0n) is 19.0. The number of nitrogens with one attached hydrogen (secondary N) is 1. The van der Waals surface area contributed by atoms with Crippen LogP contribution in [-0.2, 0) is 6.42 Å². The summed E-state index contributed by atoms with van der Waals surface area (Å²) < 4.78 is 13.1. The number of rotatable bonds is 5. The average Bonchev–Trinajstić information content (AvgIpc) is 3.35. The first kappa shape index (κ1) is 21.6. The third-order valence-electron chi connectivity index (χ3n) is 6.93. The number of halogens is 1. The van der Waals surface area contributed by atoms with Crippen LogP contribution in [0.4, 0.5) is 10.1 Å². The molecule has 3 aromatic rings. The van der Waals surface area contributed by atoms with Gasteiger partial charge in [-0.1, -0.05) is 35.9 Å². The predicted octanol–water partition coefficient (Wildman–Crippen LogP) is 6.56. The number of nitrogens with zero attached hydrogens (tertiary/aromatic N) is 1. The van der Waals surface area contributed by atoms with Crippen LogP contribution in [0, 0.1) is 5.82 Å². The molecule has 4 heteroatoms. The maximum absolute atomic E-state index is 13.1. The van der Waals surface area contributed by atoms with E-state index in [1.54, 1.807) is 17.7 Å². The molecular weight excluding hydrogens is 411 g/mol. The molecule has 0 unspecified atom stereocenters. The summed E-state index contributed by atoms with van der Waals surface area (Å²) >= 11 is 0. The summed E-state index contributed by atoms with van der Waals surface area (Å²) in [5.41, 5.74) is 8.89. The number of benzene rings is 3. The molecule has 1 heterocycles. The summed E-state index contributed by atoms with van der Waals surface area (Å²) in [6.45, 7) is 5.78. The number of fused-ring (bicyclic) bond motifs is 1. The number of likely N-dealkylation sites (tertiary alicyclic amines) is 1. The van der Waals surface area contributed by atoms with Crippen LogP contribution in [0.5, 0.6) is 0 Å². The van der Waals surface area contributed by atoms with E-state index in [0.29, 0.717) is 5.56 Å². The van der Waals surface area contributed by atoms with Crippen molar-refractivity contribution in [3.63, 3.8) is 0 Å². The van der Waals surface area contributed by atoms with E-state index in [1.165, 1.54) is 54.8 Å². The molecular formula is C29H29FN2O. The summed E-state index contributed by atoms with van der Waals surface area (Å²) in [6, 6.07) is 20.1. The monoisotopic (exact) mass is 440 g/mol. The first-order chi connectivity index (χ1) is 16.1. The largest absolute Gasteiger partial charge is 0.322 e. The highest BCUT2D eigenvalue weighted by atomic mass is 19.1. The Balaban J connectivity index is 1.28. The van der Waals surface area contributed by atoms with Gasteiger partial charge < -0.3 is 5.32 Å². The lowest BCUT2D eigenvalue weighted by atomic mass is 9.86. The zero-order valence-corrected chi connectivity index (χ0v) is 19.0. The van der Waals surface area contributed by atoms with Gasteiger partial charge in [0.15, 0.2) is 0 Å². The molecule has 1 N–H and O–H groups in total. The van der Waals surface area contributed by atoms with Gasteiger partial charge in [-0.2, -0.15) is 0 Å². The molecule has 3 aromatic carbocycles. The van der Waals surface area contributed by atoms with Gasteiger partial charge in [0.1, 0.15) is 5.82 Å². The van der Waals surface area contributed by atoms with Crippen molar-refractivity contribution in [2.45, 2.75) is 32.6 Å². The number of carbonyl (C=O) groups is 1. The highest BCUT2D eigenvalue weighted by Gasteiger charge is 2.20. The van der Waals surface area contributed by atoms with Crippen LogP contribution >= 0.6 is 0 Å². The number of hydrogen-bond donors (Lipinski definition) is 1. The van der Waals surface area contributed by atoms with Crippen LogP contribution in [0.1, 0.15) is 47.7 Å². The predicted molar refractivity (Wildman–Crippen MR) is 133 cm³/mol. The molecule has 2 aliphatic rings. The fraction of sp³-hybridized carbons (Fsp3) is 0.276. The van der Waals surface area contributed by atoms with Crippen molar-refractivity contribution in [1.82, 2.24) is 4.90 Å². The standard InChI is InChI=1S/C29H29FN2O/c1-20-25(19-32-16-2-3-17-32)9-8-24-18-27(14-15-28(20)24)31-29(33)23-6-4-21(5-7-23)22-10-12-26(30)13-11-22/h4-7,10-15,18H,2-3,8-9,16-17,19H2,1H3,(H,31,33). The normalized spacial score (nSPS) is 16.1. The van der Waals surface area contributed by atoms with Crippen molar-refractivity contribution in [1.29, 1.82) is 0 Å². The fourth-order valence-electron chi connectivity index (χ4n) is 4.98. The topological polar surface area (TPSA) is 32.3 Å². The molecule has 0 atom stereocenters. The molecule has 1 amide bonds. The molecule has 5 rings (SSSR count). The average molecular weight is 441 g/mol. The number of anilines is 1. The Bertz CT molecular complexity index is 1190. The molecule has 1 aliphatic carbocycles. The lowest BCUT2D eigenvalue weighted by Gasteiger charge is -2.25. The van der Waals surface area contributed by atoms with Gasteiger partial charge in [-0.15, -0.1) is 0 Å². The Morgan fingerprint density at radius 3 is 2.27 bits per heavy atom. The molecule has 33 heavy (non-hydrogen) atoms.